The van der Waals surface area contributed by atoms with Crippen LogP contribution in [0.5, 0.6) is 5.75 Å². The van der Waals surface area contributed by atoms with E-state index in [1.807, 2.05) is 38.1 Å². The number of anilines is 1. The van der Waals surface area contributed by atoms with Crippen molar-refractivity contribution in [1.82, 2.24) is 10.3 Å². The van der Waals surface area contributed by atoms with Gasteiger partial charge in [0.25, 0.3) is 0 Å². The van der Waals surface area contributed by atoms with Crippen LogP contribution >= 0.6 is 0 Å². The van der Waals surface area contributed by atoms with Crippen molar-refractivity contribution in [3.05, 3.63) is 42.0 Å². The van der Waals surface area contributed by atoms with Gasteiger partial charge >= 0.3 is 0 Å². The van der Waals surface area contributed by atoms with Crippen LogP contribution in [0.2, 0.25) is 0 Å². The average Bonchev–Trinajstić information content (AvgIpc) is 3.13. The van der Waals surface area contributed by atoms with Crippen LogP contribution in [0.4, 0.5) is 5.82 Å². The van der Waals surface area contributed by atoms with Crippen LogP contribution in [-0.2, 0) is 16.0 Å². The molecule has 0 unspecified atom stereocenters. The van der Waals surface area contributed by atoms with Crippen LogP contribution in [-0.4, -0.2) is 36.0 Å². The Balaban J connectivity index is 1.62. The molecule has 1 aromatic heterocycles. The molecular formula is C20H24N4O3. The molecule has 0 bridgehead atoms. The van der Waals surface area contributed by atoms with Gasteiger partial charge in [0.05, 0.1) is 24.9 Å². The average molecular weight is 368 g/mol. The van der Waals surface area contributed by atoms with Crippen molar-refractivity contribution in [2.45, 2.75) is 26.3 Å². The predicted molar refractivity (Wildman–Crippen MR) is 103 cm³/mol. The van der Waals surface area contributed by atoms with Crippen molar-refractivity contribution in [1.29, 1.82) is 0 Å². The van der Waals surface area contributed by atoms with Gasteiger partial charge in [0.2, 0.25) is 11.8 Å². The van der Waals surface area contributed by atoms with E-state index in [2.05, 4.69) is 21.7 Å². The molecule has 1 aliphatic rings. The number of aromatic nitrogens is 1. The molecule has 4 N–H and O–H groups in total. The van der Waals surface area contributed by atoms with Gasteiger partial charge in [-0.15, -0.1) is 0 Å². The number of benzene rings is 1. The highest BCUT2D eigenvalue weighted by Crippen LogP contribution is 2.30. The topological polar surface area (TPSA) is 106 Å². The summed E-state index contributed by atoms with van der Waals surface area (Å²) in [6, 6.07) is 10.7. The van der Waals surface area contributed by atoms with Gasteiger partial charge in [0.1, 0.15) is 11.6 Å². The molecule has 2 amide bonds. The van der Waals surface area contributed by atoms with Gasteiger partial charge in [0.15, 0.2) is 0 Å². The first-order valence-corrected chi connectivity index (χ1v) is 9.00. The van der Waals surface area contributed by atoms with Gasteiger partial charge in [-0.1, -0.05) is 19.9 Å². The quantitative estimate of drug-likeness (QED) is 0.720. The van der Waals surface area contributed by atoms with Gasteiger partial charge in [-0.05, 0) is 41.8 Å². The summed E-state index contributed by atoms with van der Waals surface area (Å²) < 4.78 is 5.52. The number of pyridine rings is 1. The first kappa shape index (κ1) is 18.8. The molecule has 0 saturated carbocycles. The Hall–Kier alpha value is -2.93. The fourth-order valence-corrected chi connectivity index (χ4v) is 2.79. The fourth-order valence-electron chi connectivity index (χ4n) is 2.79. The minimum atomic E-state index is -0.636. The number of carbonyl (C=O) groups excluding carboxylic acids is 2. The SMILES string of the molecule is CC(C)[C@H](N)C(=O)NCC(=O)Nc1cccc(-c2ccc3c(c2)CCO3)n1. The molecule has 2 aromatic rings. The smallest absolute Gasteiger partial charge is 0.244 e. The Morgan fingerprint density at radius 3 is 2.85 bits per heavy atom. The minimum absolute atomic E-state index is 0.00382. The lowest BCUT2D eigenvalue weighted by Gasteiger charge is -2.15. The number of nitrogens with two attached hydrogens (primary N) is 1. The molecular weight excluding hydrogens is 344 g/mol. The molecule has 1 atom stereocenters. The zero-order chi connectivity index (χ0) is 19.4. The summed E-state index contributed by atoms with van der Waals surface area (Å²) in [6.45, 7) is 4.26. The van der Waals surface area contributed by atoms with Crippen LogP contribution in [0.1, 0.15) is 19.4 Å². The molecule has 0 radical (unpaired) electrons. The summed E-state index contributed by atoms with van der Waals surface area (Å²) in [5.74, 6) is 0.646. The molecule has 3 rings (SSSR count). The summed E-state index contributed by atoms with van der Waals surface area (Å²) in [5, 5.41) is 5.24. The van der Waals surface area contributed by atoms with Crippen molar-refractivity contribution >= 4 is 17.6 Å². The maximum atomic E-state index is 12.1. The maximum Gasteiger partial charge on any atom is 0.244 e. The lowest BCUT2D eigenvalue weighted by molar-refractivity contribution is -0.125. The largest absolute Gasteiger partial charge is 0.493 e. The van der Waals surface area contributed by atoms with Crippen LogP contribution < -0.4 is 21.1 Å². The van der Waals surface area contributed by atoms with Crippen molar-refractivity contribution in [3.63, 3.8) is 0 Å². The summed E-state index contributed by atoms with van der Waals surface area (Å²) in [5.41, 5.74) is 8.64. The molecule has 0 aliphatic carbocycles. The molecule has 7 heteroatoms. The maximum absolute atomic E-state index is 12.1. The van der Waals surface area contributed by atoms with E-state index in [1.54, 1.807) is 6.07 Å². The van der Waals surface area contributed by atoms with Gasteiger partial charge in [-0.25, -0.2) is 4.98 Å². The second-order valence-corrected chi connectivity index (χ2v) is 6.86. The van der Waals surface area contributed by atoms with E-state index in [0.29, 0.717) is 12.4 Å². The van der Waals surface area contributed by atoms with Gasteiger partial charge in [0, 0.05) is 12.0 Å². The molecule has 0 fully saturated rings. The predicted octanol–water partition coefficient (Wildman–Crippen LogP) is 1.72. The first-order valence-electron chi connectivity index (χ1n) is 9.00. The number of hydrogen-bond donors (Lipinski definition) is 3. The molecule has 142 valence electrons. The Bertz CT molecular complexity index is 851. The molecule has 1 aliphatic heterocycles. The van der Waals surface area contributed by atoms with Crippen LogP contribution in [0.25, 0.3) is 11.3 Å². The van der Waals surface area contributed by atoms with Crippen LogP contribution in [0, 0.1) is 5.92 Å². The lowest BCUT2D eigenvalue weighted by Crippen LogP contribution is -2.46. The lowest BCUT2D eigenvalue weighted by atomic mass is 10.1. The van der Waals surface area contributed by atoms with E-state index in [9.17, 15) is 9.59 Å². The van der Waals surface area contributed by atoms with Crippen molar-refractivity contribution in [2.75, 3.05) is 18.5 Å². The molecule has 27 heavy (non-hydrogen) atoms. The third-order valence-corrected chi connectivity index (χ3v) is 4.45. The number of ether oxygens (including phenoxy) is 1. The second kappa shape index (κ2) is 8.18. The zero-order valence-corrected chi connectivity index (χ0v) is 15.5. The van der Waals surface area contributed by atoms with Crippen LogP contribution in [0.3, 0.4) is 0 Å². The van der Waals surface area contributed by atoms with E-state index < -0.39 is 6.04 Å². The minimum Gasteiger partial charge on any atom is -0.493 e. The van der Waals surface area contributed by atoms with E-state index in [0.717, 1.165) is 29.0 Å². The Morgan fingerprint density at radius 2 is 2.07 bits per heavy atom. The number of carbonyl (C=O) groups is 2. The van der Waals surface area contributed by atoms with E-state index in [1.165, 1.54) is 0 Å². The van der Waals surface area contributed by atoms with Crippen LogP contribution in [0.15, 0.2) is 36.4 Å². The molecule has 1 aromatic carbocycles. The van der Waals surface area contributed by atoms with Crippen molar-refractivity contribution in [2.24, 2.45) is 11.7 Å². The van der Waals surface area contributed by atoms with Gasteiger partial charge in [-0.2, -0.15) is 0 Å². The summed E-state index contributed by atoms with van der Waals surface area (Å²) >= 11 is 0. The van der Waals surface area contributed by atoms with Gasteiger partial charge in [-0.3, -0.25) is 9.59 Å². The Kier molecular flexibility index (Phi) is 5.71. The Labute approximate surface area is 158 Å². The summed E-state index contributed by atoms with van der Waals surface area (Å²) in [4.78, 5) is 28.4. The third-order valence-electron chi connectivity index (χ3n) is 4.45. The highest BCUT2D eigenvalue weighted by molar-refractivity contribution is 5.94. The summed E-state index contributed by atoms with van der Waals surface area (Å²) in [6.07, 6.45) is 0.887. The van der Waals surface area contributed by atoms with E-state index >= 15 is 0 Å². The molecule has 0 spiro atoms. The van der Waals surface area contributed by atoms with E-state index in [4.69, 9.17) is 10.5 Å². The fraction of sp³-hybridized carbons (Fsp3) is 0.350. The number of hydrogen-bond acceptors (Lipinski definition) is 5. The molecule has 0 saturated heterocycles. The number of rotatable bonds is 6. The number of nitrogens with one attached hydrogen (secondary N) is 2. The second-order valence-electron chi connectivity index (χ2n) is 6.86. The summed E-state index contributed by atoms with van der Waals surface area (Å²) in [7, 11) is 0. The zero-order valence-electron chi connectivity index (χ0n) is 15.5. The van der Waals surface area contributed by atoms with E-state index in [-0.39, 0.29) is 24.3 Å². The number of amides is 2. The monoisotopic (exact) mass is 368 g/mol. The third kappa shape index (κ3) is 4.62. The van der Waals surface area contributed by atoms with Gasteiger partial charge < -0.3 is 21.1 Å². The molecule has 2 heterocycles. The standard InChI is InChI=1S/C20H24N4O3/c1-12(2)19(21)20(26)22-11-18(25)24-17-5-3-4-15(23-17)13-6-7-16-14(10-13)8-9-27-16/h3-7,10,12,19H,8-9,11,21H2,1-2H3,(H,22,26)(H,23,24,25)/t19-/m0/s1. The highest BCUT2D eigenvalue weighted by Gasteiger charge is 2.18. The number of fused-ring (bicyclic) bond motifs is 1. The molecule has 7 nitrogen and oxygen atoms in total. The highest BCUT2D eigenvalue weighted by atomic mass is 16.5. The number of nitrogens with zero attached hydrogens (tertiary/aromatic N) is 1. The Morgan fingerprint density at radius 1 is 1.26 bits per heavy atom. The van der Waals surface area contributed by atoms with Crippen molar-refractivity contribution in [3.8, 4) is 17.0 Å². The first-order chi connectivity index (χ1) is 12.9. The van der Waals surface area contributed by atoms with Crippen molar-refractivity contribution < 1.29 is 14.3 Å². The normalized spacial score (nSPS) is 13.6.